The number of nitrogens with zero attached hydrogens (tertiary/aromatic N) is 11. The van der Waals surface area contributed by atoms with Crippen LogP contribution in [0.25, 0.3) is 43.8 Å². The number of aromatic nitrogens is 4. The first-order valence-electron chi connectivity index (χ1n) is 37.6. The highest BCUT2D eigenvalue weighted by Crippen LogP contribution is 2.41. The summed E-state index contributed by atoms with van der Waals surface area (Å²) in [7, 11) is 8.09. The highest BCUT2D eigenvalue weighted by atomic mass is 16.5. The maximum absolute atomic E-state index is 14.5. The van der Waals surface area contributed by atoms with E-state index in [1.807, 2.05) is 58.6 Å². The number of methoxy groups -OCH3 is 5. The minimum absolute atomic E-state index is 0.0239. The Morgan fingerprint density at radius 1 is 0.473 bits per heavy atom. The Morgan fingerprint density at radius 2 is 0.945 bits per heavy atom. The number of rotatable bonds is 26. The number of nitrogens with one attached hydrogen (secondary N) is 2. The second kappa shape index (κ2) is 34.3. The average molecular weight is 1500 g/mol. The summed E-state index contributed by atoms with van der Waals surface area (Å²) < 4.78 is 52.3. The van der Waals surface area contributed by atoms with Gasteiger partial charge in [0.2, 0.25) is 11.8 Å². The van der Waals surface area contributed by atoms with Gasteiger partial charge in [0.1, 0.15) is 34.5 Å². The summed E-state index contributed by atoms with van der Waals surface area (Å²) in [5.41, 5.74) is 5.82. The number of amides is 8. The lowest BCUT2D eigenvalue weighted by Gasteiger charge is -2.37. The Morgan fingerprint density at radius 3 is 1.45 bits per heavy atom. The number of aryl methyl sites for hydroxylation is 2. The summed E-state index contributed by atoms with van der Waals surface area (Å²) >= 11 is 0. The summed E-state index contributed by atoms with van der Waals surface area (Å²) in [5, 5.41) is 6.88. The van der Waals surface area contributed by atoms with E-state index in [-0.39, 0.29) is 92.1 Å². The predicted molar refractivity (Wildman–Crippen MR) is 411 cm³/mol. The number of imide groups is 2. The minimum Gasteiger partial charge on any atom is -0.496 e. The summed E-state index contributed by atoms with van der Waals surface area (Å²) in [6.45, 7) is 10.2. The lowest BCUT2D eigenvalue weighted by Crippen LogP contribution is -2.49. The monoisotopic (exact) mass is 1500 g/mol. The van der Waals surface area contributed by atoms with Crippen LogP contribution in [-0.2, 0) is 50.0 Å². The zero-order valence-electron chi connectivity index (χ0n) is 62.7. The molecule has 0 radical (unpaired) electrons. The van der Waals surface area contributed by atoms with E-state index in [2.05, 4.69) is 35.3 Å². The molecule has 14 rings (SSSR count). The molecule has 0 atom stereocenters. The number of piperidine rings is 3. The molecular formula is C81H93N13O16. The molecule has 8 amide bonds. The van der Waals surface area contributed by atoms with Crippen molar-refractivity contribution in [2.75, 3.05) is 144 Å². The fourth-order valence-corrected chi connectivity index (χ4v) is 15.8. The number of anilines is 2. The number of piperazine rings is 1. The van der Waals surface area contributed by atoms with E-state index in [0.29, 0.717) is 138 Å². The molecule has 6 fully saturated rings. The number of hydrogen-bond donors (Lipinski definition) is 2. The van der Waals surface area contributed by atoms with Crippen LogP contribution in [0.15, 0.2) is 126 Å². The molecule has 110 heavy (non-hydrogen) atoms. The Bertz CT molecular complexity index is 4820. The van der Waals surface area contributed by atoms with Gasteiger partial charge >= 0.3 is 12.1 Å². The molecule has 578 valence electrons. The van der Waals surface area contributed by atoms with E-state index < -0.39 is 12.1 Å². The van der Waals surface area contributed by atoms with Crippen molar-refractivity contribution in [3.05, 3.63) is 153 Å². The maximum Gasteiger partial charge on any atom is 0.328 e. The van der Waals surface area contributed by atoms with Crippen LogP contribution < -0.4 is 60.0 Å². The van der Waals surface area contributed by atoms with E-state index in [1.54, 1.807) is 105 Å². The molecule has 0 unspecified atom stereocenters. The molecule has 6 aliphatic heterocycles. The van der Waals surface area contributed by atoms with Gasteiger partial charge in [0.05, 0.1) is 88.1 Å². The number of benzene rings is 4. The molecule has 29 heteroatoms. The van der Waals surface area contributed by atoms with Gasteiger partial charge in [-0.3, -0.25) is 73.9 Å². The molecule has 2 N–H and O–H groups in total. The number of hydrogen-bond acceptors (Lipinski definition) is 21. The summed E-state index contributed by atoms with van der Waals surface area (Å²) in [5.74, 6) is 2.61. The van der Waals surface area contributed by atoms with Crippen molar-refractivity contribution in [3.63, 3.8) is 0 Å². The Hall–Kier alpha value is -11.0. The van der Waals surface area contributed by atoms with E-state index in [0.717, 1.165) is 105 Å². The van der Waals surface area contributed by atoms with Crippen molar-refractivity contribution in [3.8, 4) is 56.8 Å². The first-order chi connectivity index (χ1) is 53.5. The smallest absolute Gasteiger partial charge is 0.328 e. The topological polar surface area (TPSA) is 293 Å². The van der Waals surface area contributed by atoms with Gasteiger partial charge in [0.25, 0.3) is 22.9 Å². The van der Waals surface area contributed by atoms with Gasteiger partial charge in [-0.25, -0.2) is 9.59 Å². The van der Waals surface area contributed by atoms with Crippen molar-refractivity contribution >= 4 is 68.6 Å². The van der Waals surface area contributed by atoms with Crippen molar-refractivity contribution in [2.24, 2.45) is 0 Å². The van der Waals surface area contributed by atoms with Gasteiger partial charge in [0, 0.05) is 184 Å². The molecular weight excluding hydrogens is 1410 g/mol. The predicted octanol–water partition coefficient (Wildman–Crippen LogP) is 7.57. The molecule has 29 nitrogen and oxygen atoms in total. The molecule has 0 spiro atoms. The van der Waals surface area contributed by atoms with Gasteiger partial charge < -0.3 is 56.8 Å². The second-order valence-electron chi connectivity index (χ2n) is 28.5. The van der Waals surface area contributed by atoms with Gasteiger partial charge in [-0.1, -0.05) is 0 Å². The summed E-state index contributed by atoms with van der Waals surface area (Å²) in [6.07, 6.45) is 15.2. The molecule has 4 aromatic carbocycles. The van der Waals surface area contributed by atoms with E-state index >= 15 is 0 Å². The van der Waals surface area contributed by atoms with Crippen LogP contribution in [0, 0.1) is 0 Å². The zero-order chi connectivity index (χ0) is 76.5. The van der Waals surface area contributed by atoms with Crippen LogP contribution in [0.5, 0.6) is 34.5 Å². The number of ether oxygens (including phenoxy) is 8. The number of urea groups is 2. The van der Waals surface area contributed by atoms with Gasteiger partial charge in [-0.2, -0.15) is 0 Å². The second-order valence-corrected chi connectivity index (χ2v) is 28.5. The number of pyridine rings is 4. The van der Waals surface area contributed by atoms with Gasteiger partial charge in [-0.05, 0) is 139 Å². The third-order valence-corrected chi connectivity index (χ3v) is 22.0. The van der Waals surface area contributed by atoms with Crippen LogP contribution in [0.3, 0.4) is 0 Å². The number of likely N-dealkylation sites (tertiary alicyclic amines) is 3. The molecule has 0 saturated carbocycles. The van der Waals surface area contributed by atoms with Crippen LogP contribution in [0.1, 0.15) is 72.9 Å². The molecule has 8 aromatic rings. The molecule has 0 aliphatic carbocycles. The highest BCUT2D eigenvalue weighted by Gasteiger charge is 2.34. The van der Waals surface area contributed by atoms with Crippen LogP contribution >= 0.6 is 0 Å². The summed E-state index contributed by atoms with van der Waals surface area (Å²) in [4.78, 5) is 127. The number of carbonyl (C=O) groups excluding carboxylic acids is 6. The first kappa shape index (κ1) is 75.8. The fraction of sp³-hybridized carbons (Fsp3) is 0.432. The Balaban J connectivity index is 0.575. The van der Waals surface area contributed by atoms with E-state index in [4.69, 9.17) is 37.9 Å². The lowest BCUT2D eigenvalue weighted by molar-refractivity contribution is -0.137. The number of carbonyl (C=O) groups is 6. The van der Waals surface area contributed by atoms with Crippen molar-refractivity contribution in [2.45, 2.75) is 95.9 Å². The van der Waals surface area contributed by atoms with Crippen molar-refractivity contribution < 1.29 is 66.7 Å². The average Bonchev–Trinajstić information content (AvgIpc) is 0.766. The minimum atomic E-state index is -0.548. The maximum atomic E-state index is 14.5. The molecule has 4 aromatic heterocycles. The van der Waals surface area contributed by atoms with Crippen molar-refractivity contribution in [1.82, 2.24) is 54.2 Å². The van der Waals surface area contributed by atoms with Crippen LogP contribution in [0.2, 0.25) is 0 Å². The van der Waals surface area contributed by atoms with Crippen LogP contribution in [-0.4, -0.2) is 231 Å². The quantitative estimate of drug-likeness (QED) is 0.0528. The lowest BCUT2D eigenvalue weighted by atomic mass is 9.98. The fourth-order valence-electron chi connectivity index (χ4n) is 15.8. The highest BCUT2D eigenvalue weighted by molar-refractivity contribution is 6.08. The standard InChI is InChI=1S/C81H93N13O16/c1-103-69-11-6-52(40-68(69)94-31-21-75(96)85-81(94)102)77(98)90-28-16-57(17-29-90)108-39-38-86-32-34-88(35-33-86)48-67-72(106-4)43-54(44-73(67)107-5)65-50-92(79(100)63-46-83-23-13-61(63)65)37-36-91-49-64(60-12-22-82-45-62(60)78(91)99)53-41-70(104-2)66(71(42-53)105-3)47-87-24-14-58(15-25-87)110-59-18-26-89(27-19-59)76(97)51-109-56-9-7-55(8-10-56)93-30-20-74(95)84-80(93)101/h6-13,22-23,40-46,49-50,57-59H,14-21,24-39,47-48,51H2,1-5H3,(H,84,95,101)(H,85,96,102). The molecule has 0 bridgehead atoms. The molecule has 6 aliphatic rings. The van der Waals surface area contributed by atoms with E-state index in [9.17, 15) is 38.4 Å². The largest absolute Gasteiger partial charge is 0.496 e. The Kier molecular flexibility index (Phi) is 23.6. The molecule has 10 heterocycles. The SMILES string of the molecule is COc1ccc(C(=O)N2CCC(OCCN3CCN(Cc4c(OC)cc(-c5cn(CCn6cc(-c7cc(OC)c(CN8CCC(OC9CCN(C(=O)COc%10ccc(N%11CCC(=O)NC%11=O)cc%10)CC9)CC8)c(OC)c7)c7ccncc7c6=O)c(=O)c6cnccc56)cc4OC)CC3)CC2)cc1N1CCC(=O)NC1=O. The summed E-state index contributed by atoms with van der Waals surface area (Å²) in [6, 6.07) is 22.5. The van der Waals surface area contributed by atoms with Crippen LogP contribution in [0.4, 0.5) is 21.0 Å². The van der Waals surface area contributed by atoms with Crippen molar-refractivity contribution in [1.29, 1.82) is 0 Å². The number of fused-ring (bicyclic) bond motifs is 2. The van der Waals surface area contributed by atoms with E-state index in [1.165, 1.54) is 16.9 Å². The third-order valence-electron chi connectivity index (χ3n) is 22.0. The Labute approximate surface area is 636 Å². The van der Waals surface area contributed by atoms with Gasteiger partial charge in [-0.15, -0.1) is 0 Å². The van der Waals surface area contributed by atoms with Gasteiger partial charge in [0.15, 0.2) is 6.61 Å². The normalized spacial score (nSPS) is 17.5. The molecule has 6 saturated heterocycles. The zero-order valence-corrected chi connectivity index (χ0v) is 62.7. The first-order valence-corrected chi connectivity index (χ1v) is 37.6. The third kappa shape index (κ3) is 16.9.